The molecule has 3 heteroatoms. The summed E-state index contributed by atoms with van der Waals surface area (Å²) in [5, 5.41) is 9.70. The summed E-state index contributed by atoms with van der Waals surface area (Å²) in [7, 11) is 0. The van der Waals surface area contributed by atoms with E-state index in [1.54, 1.807) is 0 Å². The molecule has 0 unspecified atom stereocenters. The smallest absolute Gasteiger partial charge is 0.432 e. The van der Waals surface area contributed by atoms with E-state index in [2.05, 4.69) is 11.7 Å². The molecule has 0 aromatic carbocycles. The molecule has 0 saturated carbocycles. The summed E-state index contributed by atoms with van der Waals surface area (Å²) in [6, 6.07) is 0. The molecule has 0 aliphatic carbocycles. The predicted octanol–water partition coefficient (Wildman–Crippen LogP) is 2.13. The maximum atomic E-state index is 9.70. The van der Waals surface area contributed by atoms with Crippen molar-refractivity contribution < 1.29 is 14.6 Å². The highest BCUT2D eigenvalue weighted by atomic mass is 16.7. The molecule has 0 aromatic rings. The molecule has 0 amide bonds. The minimum atomic E-state index is -1.42. The van der Waals surface area contributed by atoms with Crippen LogP contribution in [0.2, 0.25) is 0 Å². The molecule has 10 heavy (non-hydrogen) atoms. The van der Waals surface area contributed by atoms with Gasteiger partial charge in [0.15, 0.2) is 0 Å². The van der Waals surface area contributed by atoms with Gasteiger partial charge >= 0.3 is 6.16 Å². The molecule has 3 nitrogen and oxygen atoms in total. The van der Waals surface area contributed by atoms with Crippen molar-refractivity contribution in [2.24, 2.45) is 0 Å². The molecule has 0 fully saturated rings. The standard InChI is InChI=1S/C7H13O3/c1-2-3-4-5-6-10-7(8)9/h2-6H2,1H3. The van der Waals surface area contributed by atoms with Gasteiger partial charge in [0.05, 0.1) is 6.61 Å². The number of carbonyl (C=O) groups excluding carboxylic acids is 1. The molecule has 0 aliphatic rings. The molecular formula is C7H13O3. The van der Waals surface area contributed by atoms with Crippen LogP contribution < -0.4 is 0 Å². The summed E-state index contributed by atoms with van der Waals surface area (Å²) in [6.45, 7) is 2.38. The highest BCUT2D eigenvalue weighted by Crippen LogP contribution is 1.98. The zero-order chi connectivity index (χ0) is 7.82. The first-order chi connectivity index (χ1) is 4.77. The van der Waals surface area contributed by atoms with E-state index in [0.29, 0.717) is 0 Å². The van der Waals surface area contributed by atoms with Crippen molar-refractivity contribution in [2.75, 3.05) is 6.61 Å². The summed E-state index contributed by atoms with van der Waals surface area (Å²) >= 11 is 0. The van der Waals surface area contributed by atoms with Crippen LogP contribution in [0.1, 0.15) is 32.6 Å². The van der Waals surface area contributed by atoms with Crippen LogP contribution in [0.5, 0.6) is 0 Å². The number of hydrogen-bond acceptors (Lipinski definition) is 2. The van der Waals surface area contributed by atoms with E-state index in [4.69, 9.17) is 0 Å². The van der Waals surface area contributed by atoms with Crippen LogP contribution >= 0.6 is 0 Å². The molecule has 0 aliphatic heterocycles. The van der Waals surface area contributed by atoms with Crippen molar-refractivity contribution in [3.63, 3.8) is 0 Å². The molecule has 0 heterocycles. The van der Waals surface area contributed by atoms with Crippen molar-refractivity contribution in [1.82, 2.24) is 0 Å². The second kappa shape index (κ2) is 6.39. The molecule has 0 aromatic heterocycles. The van der Waals surface area contributed by atoms with Crippen LogP contribution in [0.25, 0.3) is 0 Å². The summed E-state index contributed by atoms with van der Waals surface area (Å²) in [5.74, 6) is 0. The van der Waals surface area contributed by atoms with Gasteiger partial charge in [0.2, 0.25) is 0 Å². The van der Waals surface area contributed by atoms with Gasteiger partial charge in [0.25, 0.3) is 0 Å². The molecule has 59 valence electrons. The molecular weight excluding hydrogens is 132 g/mol. The third kappa shape index (κ3) is 7.27. The Morgan fingerprint density at radius 3 is 2.50 bits per heavy atom. The highest BCUT2D eigenvalue weighted by molar-refractivity contribution is 5.56. The second-order valence-corrected chi connectivity index (χ2v) is 2.16. The van der Waals surface area contributed by atoms with Gasteiger partial charge in [-0.25, -0.2) is 0 Å². The lowest BCUT2D eigenvalue weighted by Crippen LogP contribution is -1.99. The SMILES string of the molecule is CCCCCCOC([O])=O. The Bertz CT molecular complexity index is 90.9. The number of hydrogen-bond donors (Lipinski definition) is 0. The zero-order valence-electron chi connectivity index (χ0n) is 6.26. The zero-order valence-corrected chi connectivity index (χ0v) is 6.26. The topological polar surface area (TPSA) is 46.2 Å². The molecule has 0 N–H and O–H groups in total. The molecule has 0 atom stereocenters. The van der Waals surface area contributed by atoms with Crippen LogP contribution in [0.15, 0.2) is 0 Å². The van der Waals surface area contributed by atoms with E-state index in [1.807, 2.05) is 0 Å². The van der Waals surface area contributed by atoms with Crippen molar-refractivity contribution >= 4 is 6.16 Å². The van der Waals surface area contributed by atoms with E-state index in [0.717, 1.165) is 25.7 Å². The summed E-state index contributed by atoms with van der Waals surface area (Å²) in [5.41, 5.74) is 0. The van der Waals surface area contributed by atoms with Gasteiger partial charge in [-0.2, -0.15) is 9.90 Å². The van der Waals surface area contributed by atoms with Gasteiger partial charge in [-0.1, -0.05) is 26.2 Å². The van der Waals surface area contributed by atoms with Crippen molar-refractivity contribution in [1.29, 1.82) is 0 Å². The van der Waals surface area contributed by atoms with E-state index >= 15 is 0 Å². The summed E-state index contributed by atoms with van der Waals surface area (Å²) < 4.78 is 4.19. The molecule has 0 bridgehead atoms. The highest BCUT2D eigenvalue weighted by Gasteiger charge is 1.96. The predicted molar refractivity (Wildman–Crippen MR) is 36.2 cm³/mol. The summed E-state index contributed by atoms with van der Waals surface area (Å²) in [6.07, 6.45) is 2.70. The lowest BCUT2D eigenvalue weighted by Gasteiger charge is -1.96. The fraction of sp³-hybridized carbons (Fsp3) is 0.857. The monoisotopic (exact) mass is 145 g/mol. The maximum absolute atomic E-state index is 9.70. The minimum absolute atomic E-state index is 0.280. The lowest BCUT2D eigenvalue weighted by atomic mass is 10.2. The number of ether oxygens (including phenoxy) is 1. The van der Waals surface area contributed by atoms with Crippen LogP contribution in [0.4, 0.5) is 4.79 Å². The average molecular weight is 145 g/mol. The third-order valence-electron chi connectivity index (χ3n) is 1.22. The first kappa shape index (κ1) is 9.27. The van der Waals surface area contributed by atoms with Gasteiger partial charge in [0, 0.05) is 0 Å². The van der Waals surface area contributed by atoms with E-state index in [-0.39, 0.29) is 6.61 Å². The van der Waals surface area contributed by atoms with Gasteiger partial charge < -0.3 is 4.74 Å². The van der Waals surface area contributed by atoms with Crippen LogP contribution in [0.3, 0.4) is 0 Å². The Labute approximate surface area is 61.0 Å². The average Bonchev–Trinajstić information content (AvgIpc) is 1.87. The van der Waals surface area contributed by atoms with E-state index in [9.17, 15) is 9.90 Å². The fourth-order valence-corrected chi connectivity index (χ4v) is 0.684. The Morgan fingerprint density at radius 2 is 2.00 bits per heavy atom. The Kier molecular flexibility index (Phi) is 5.92. The first-order valence-corrected chi connectivity index (χ1v) is 3.61. The number of unbranched alkanes of at least 4 members (excludes halogenated alkanes) is 3. The molecule has 0 saturated heterocycles. The fourth-order valence-electron chi connectivity index (χ4n) is 0.684. The molecule has 0 spiro atoms. The molecule has 0 rings (SSSR count). The first-order valence-electron chi connectivity index (χ1n) is 3.61. The van der Waals surface area contributed by atoms with Gasteiger partial charge in [-0.05, 0) is 6.42 Å². The Morgan fingerprint density at radius 1 is 1.30 bits per heavy atom. The lowest BCUT2D eigenvalue weighted by molar-refractivity contribution is 0.0664. The van der Waals surface area contributed by atoms with E-state index in [1.165, 1.54) is 0 Å². The summed E-state index contributed by atoms with van der Waals surface area (Å²) in [4.78, 5) is 9.70. The van der Waals surface area contributed by atoms with Crippen molar-refractivity contribution in [3.8, 4) is 0 Å². The number of rotatable bonds is 5. The van der Waals surface area contributed by atoms with Crippen molar-refractivity contribution in [2.45, 2.75) is 32.6 Å². The second-order valence-electron chi connectivity index (χ2n) is 2.16. The van der Waals surface area contributed by atoms with Gasteiger partial charge in [-0.15, -0.1) is 0 Å². The minimum Gasteiger partial charge on any atom is -0.432 e. The Balaban J connectivity index is 2.84. The van der Waals surface area contributed by atoms with Crippen molar-refractivity contribution in [3.05, 3.63) is 0 Å². The van der Waals surface area contributed by atoms with Gasteiger partial charge in [0.1, 0.15) is 0 Å². The normalized spacial score (nSPS) is 9.30. The van der Waals surface area contributed by atoms with E-state index < -0.39 is 6.16 Å². The quantitative estimate of drug-likeness (QED) is 0.439. The number of carbonyl (C=O) groups is 1. The van der Waals surface area contributed by atoms with Crippen LogP contribution in [-0.2, 0) is 9.84 Å². The van der Waals surface area contributed by atoms with Crippen LogP contribution in [0, 0.1) is 0 Å². The largest absolute Gasteiger partial charge is 0.549 e. The Hall–Kier alpha value is -0.730. The maximum Gasteiger partial charge on any atom is 0.549 e. The van der Waals surface area contributed by atoms with Gasteiger partial charge in [-0.3, -0.25) is 0 Å². The third-order valence-corrected chi connectivity index (χ3v) is 1.22. The molecule has 1 radical (unpaired) electrons. The van der Waals surface area contributed by atoms with Crippen LogP contribution in [-0.4, -0.2) is 12.8 Å².